The van der Waals surface area contributed by atoms with E-state index in [1.807, 2.05) is 6.07 Å². The highest BCUT2D eigenvalue weighted by Gasteiger charge is 2.44. The van der Waals surface area contributed by atoms with Gasteiger partial charge in [-0.05, 0) is 57.7 Å². The molecule has 1 N–H and O–H groups in total. The lowest BCUT2D eigenvalue weighted by Crippen LogP contribution is -2.65. The summed E-state index contributed by atoms with van der Waals surface area (Å²) in [6.07, 6.45) is 6.37. The molecule has 1 aromatic rings. The van der Waals surface area contributed by atoms with Gasteiger partial charge in [0.1, 0.15) is 5.76 Å². The minimum atomic E-state index is -0.0777. The zero-order valence-electron chi connectivity index (χ0n) is 12.0. The standard InChI is InChI=1S/C16H22N2O2/c1-16(10-18-7-4-12(16)5-8-18)17-15(19)13-6-9-20-14(13)11-2-3-11/h6,9,11-12H,2-5,7-8,10H2,1H3,(H,17,19). The Morgan fingerprint density at radius 3 is 2.70 bits per heavy atom. The fourth-order valence-corrected chi connectivity index (χ4v) is 3.96. The van der Waals surface area contributed by atoms with Gasteiger partial charge in [-0.1, -0.05) is 0 Å². The average Bonchev–Trinajstić information content (AvgIpc) is 3.16. The van der Waals surface area contributed by atoms with E-state index in [2.05, 4.69) is 17.1 Å². The van der Waals surface area contributed by atoms with Crippen LogP contribution in [0.15, 0.2) is 16.7 Å². The van der Waals surface area contributed by atoms with E-state index in [9.17, 15) is 4.79 Å². The van der Waals surface area contributed by atoms with Gasteiger partial charge in [0.2, 0.25) is 0 Å². The van der Waals surface area contributed by atoms with Crippen LogP contribution in [-0.4, -0.2) is 36.0 Å². The first-order chi connectivity index (χ1) is 9.66. The Balaban J connectivity index is 1.53. The molecule has 1 amide bonds. The lowest BCUT2D eigenvalue weighted by molar-refractivity contribution is 0.0167. The van der Waals surface area contributed by atoms with Crippen LogP contribution in [0.4, 0.5) is 0 Å². The number of nitrogens with zero attached hydrogens (tertiary/aromatic N) is 1. The number of hydrogen-bond acceptors (Lipinski definition) is 3. The Morgan fingerprint density at radius 2 is 2.10 bits per heavy atom. The number of hydrogen-bond donors (Lipinski definition) is 1. The highest BCUT2D eigenvalue weighted by Crippen LogP contribution is 2.42. The van der Waals surface area contributed by atoms with Crippen LogP contribution in [0.1, 0.15) is 54.6 Å². The van der Waals surface area contributed by atoms with Gasteiger partial charge in [0.05, 0.1) is 17.4 Å². The van der Waals surface area contributed by atoms with Crippen LogP contribution in [0.5, 0.6) is 0 Å². The van der Waals surface area contributed by atoms with Gasteiger partial charge in [-0.3, -0.25) is 4.79 Å². The molecule has 4 fully saturated rings. The molecule has 1 aliphatic carbocycles. The highest BCUT2D eigenvalue weighted by atomic mass is 16.3. The second-order valence-electron chi connectivity index (χ2n) is 6.89. The first-order valence-electron chi connectivity index (χ1n) is 7.78. The van der Waals surface area contributed by atoms with Crippen LogP contribution in [0.2, 0.25) is 0 Å². The molecular formula is C16H22N2O2. The number of nitrogens with one attached hydrogen (secondary N) is 1. The fourth-order valence-electron chi connectivity index (χ4n) is 3.96. The molecule has 4 aliphatic rings. The summed E-state index contributed by atoms with van der Waals surface area (Å²) in [5, 5.41) is 3.31. The van der Waals surface area contributed by atoms with Gasteiger partial charge in [-0.15, -0.1) is 0 Å². The predicted molar refractivity (Wildman–Crippen MR) is 75.7 cm³/mol. The van der Waals surface area contributed by atoms with Crippen molar-refractivity contribution < 1.29 is 9.21 Å². The third kappa shape index (κ3) is 1.97. The van der Waals surface area contributed by atoms with E-state index < -0.39 is 0 Å². The van der Waals surface area contributed by atoms with Crippen LogP contribution >= 0.6 is 0 Å². The van der Waals surface area contributed by atoms with Crippen molar-refractivity contribution in [3.05, 3.63) is 23.7 Å². The van der Waals surface area contributed by atoms with E-state index in [1.54, 1.807) is 6.26 Å². The van der Waals surface area contributed by atoms with Gasteiger partial charge in [0.15, 0.2) is 0 Å². The van der Waals surface area contributed by atoms with Crippen molar-refractivity contribution in [1.82, 2.24) is 10.2 Å². The van der Waals surface area contributed by atoms with Crippen LogP contribution < -0.4 is 5.32 Å². The summed E-state index contributed by atoms with van der Waals surface area (Å²) in [7, 11) is 0. The van der Waals surface area contributed by atoms with Crippen molar-refractivity contribution in [2.45, 2.75) is 44.1 Å². The molecule has 1 atom stereocenters. The SMILES string of the molecule is CC1(NC(=O)c2ccoc2C2CC2)CN2CCC1CC2. The van der Waals surface area contributed by atoms with E-state index in [1.165, 1.54) is 25.9 Å². The molecule has 4 nitrogen and oxygen atoms in total. The quantitative estimate of drug-likeness (QED) is 0.920. The summed E-state index contributed by atoms with van der Waals surface area (Å²) in [5.74, 6) is 2.04. The van der Waals surface area contributed by atoms with Crippen LogP contribution in [0.3, 0.4) is 0 Å². The maximum Gasteiger partial charge on any atom is 0.255 e. The minimum Gasteiger partial charge on any atom is -0.468 e. The Kier molecular flexibility index (Phi) is 2.71. The number of carbonyl (C=O) groups is 1. The first-order valence-corrected chi connectivity index (χ1v) is 7.78. The zero-order chi connectivity index (χ0) is 13.7. The number of amides is 1. The molecule has 1 unspecified atom stereocenters. The third-order valence-electron chi connectivity index (χ3n) is 5.33. The van der Waals surface area contributed by atoms with Crippen LogP contribution in [0.25, 0.3) is 0 Å². The summed E-state index contributed by atoms with van der Waals surface area (Å²) in [6, 6.07) is 1.83. The number of fused-ring (bicyclic) bond motifs is 3. The van der Waals surface area contributed by atoms with Crippen molar-refractivity contribution in [3.63, 3.8) is 0 Å². The van der Waals surface area contributed by atoms with E-state index in [-0.39, 0.29) is 11.4 Å². The van der Waals surface area contributed by atoms with Crippen LogP contribution in [-0.2, 0) is 0 Å². The first kappa shape index (κ1) is 12.5. The van der Waals surface area contributed by atoms with Crippen molar-refractivity contribution in [2.75, 3.05) is 19.6 Å². The van der Waals surface area contributed by atoms with Crippen molar-refractivity contribution in [2.24, 2.45) is 5.92 Å². The predicted octanol–water partition coefficient (Wildman–Crippen LogP) is 2.37. The average molecular weight is 274 g/mol. The van der Waals surface area contributed by atoms with Gasteiger partial charge in [-0.2, -0.15) is 0 Å². The topological polar surface area (TPSA) is 45.5 Å². The zero-order valence-corrected chi connectivity index (χ0v) is 12.0. The summed E-state index contributed by atoms with van der Waals surface area (Å²) in [6.45, 7) is 5.57. The molecule has 1 saturated carbocycles. The minimum absolute atomic E-state index is 0.0527. The number of piperidine rings is 3. The molecule has 20 heavy (non-hydrogen) atoms. The van der Waals surface area contributed by atoms with Crippen molar-refractivity contribution in [3.8, 4) is 0 Å². The fraction of sp³-hybridized carbons (Fsp3) is 0.688. The van der Waals surface area contributed by atoms with Gasteiger partial charge in [0.25, 0.3) is 5.91 Å². The van der Waals surface area contributed by atoms with Gasteiger partial charge in [-0.25, -0.2) is 0 Å². The molecule has 3 aliphatic heterocycles. The number of rotatable bonds is 3. The third-order valence-corrected chi connectivity index (χ3v) is 5.33. The second-order valence-corrected chi connectivity index (χ2v) is 6.89. The molecule has 1 aromatic heterocycles. The molecule has 108 valence electrons. The maximum absolute atomic E-state index is 12.6. The van der Waals surface area contributed by atoms with Crippen molar-refractivity contribution >= 4 is 5.91 Å². The Morgan fingerprint density at radius 1 is 1.35 bits per heavy atom. The Hall–Kier alpha value is -1.29. The summed E-state index contributed by atoms with van der Waals surface area (Å²) >= 11 is 0. The smallest absolute Gasteiger partial charge is 0.255 e. The largest absolute Gasteiger partial charge is 0.468 e. The molecule has 4 heteroatoms. The lowest BCUT2D eigenvalue weighted by atomic mass is 9.74. The van der Waals surface area contributed by atoms with Gasteiger partial charge >= 0.3 is 0 Å². The van der Waals surface area contributed by atoms with Gasteiger partial charge < -0.3 is 14.6 Å². The second kappa shape index (κ2) is 4.35. The molecular weight excluding hydrogens is 252 g/mol. The van der Waals surface area contributed by atoms with E-state index >= 15 is 0 Å². The molecule has 2 bridgehead atoms. The molecule has 4 heterocycles. The Labute approximate surface area is 119 Å². The molecule has 0 radical (unpaired) electrons. The monoisotopic (exact) mass is 274 g/mol. The molecule has 0 spiro atoms. The maximum atomic E-state index is 12.6. The summed E-state index contributed by atoms with van der Waals surface area (Å²) < 4.78 is 5.52. The summed E-state index contributed by atoms with van der Waals surface area (Å²) in [5.41, 5.74) is 0.677. The summed E-state index contributed by atoms with van der Waals surface area (Å²) in [4.78, 5) is 15.1. The van der Waals surface area contributed by atoms with E-state index in [4.69, 9.17) is 4.42 Å². The van der Waals surface area contributed by atoms with Crippen molar-refractivity contribution in [1.29, 1.82) is 0 Å². The number of carbonyl (C=O) groups excluding carboxylic acids is 1. The molecule has 3 saturated heterocycles. The highest BCUT2D eigenvalue weighted by molar-refractivity contribution is 5.96. The number of furan rings is 1. The van der Waals surface area contributed by atoms with E-state index in [0.29, 0.717) is 11.8 Å². The lowest BCUT2D eigenvalue weighted by Gasteiger charge is -2.51. The molecule has 0 aromatic carbocycles. The normalized spacial score (nSPS) is 36.0. The molecule has 5 rings (SSSR count). The van der Waals surface area contributed by atoms with Gasteiger partial charge in [0, 0.05) is 12.5 Å². The van der Waals surface area contributed by atoms with E-state index in [0.717, 1.165) is 30.7 Å². The van der Waals surface area contributed by atoms with Crippen LogP contribution in [0, 0.1) is 5.92 Å². The Bertz CT molecular complexity index is 526.